The van der Waals surface area contributed by atoms with Crippen molar-refractivity contribution in [3.8, 4) is 5.88 Å². The Hall–Kier alpha value is -3.00. The van der Waals surface area contributed by atoms with Gasteiger partial charge in [0.1, 0.15) is 18.5 Å². The number of carbonyl (C=O) groups is 1. The van der Waals surface area contributed by atoms with Crippen molar-refractivity contribution in [2.75, 3.05) is 25.9 Å². The predicted octanol–water partition coefficient (Wildman–Crippen LogP) is 3.47. The minimum Gasteiger partial charge on any atom is -0.463 e. The van der Waals surface area contributed by atoms with Crippen molar-refractivity contribution in [1.82, 2.24) is 14.9 Å². The summed E-state index contributed by atoms with van der Waals surface area (Å²) in [5.41, 5.74) is 9.02. The lowest BCUT2D eigenvalue weighted by Gasteiger charge is -2.32. The molecule has 1 fully saturated rings. The van der Waals surface area contributed by atoms with Crippen molar-refractivity contribution in [3.05, 3.63) is 41.7 Å². The molecule has 8 nitrogen and oxygen atoms in total. The number of nitrogens with two attached hydrogens (primary N) is 1. The Kier molecular flexibility index (Phi) is 6.65. The Morgan fingerprint density at radius 3 is 2.55 bits per heavy atom. The second-order valence-electron chi connectivity index (χ2n) is 9.59. The smallest absolute Gasteiger partial charge is 0.248 e. The molecular formula is C25H33N5O3. The van der Waals surface area contributed by atoms with Crippen LogP contribution in [0.3, 0.4) is 0 Å². The van der Waals surface area contributed by atoms with Gasteiger partial charge in [0.2, 0.25) is 11.8 Å². The van der Waals surface area contributed by atoms with E-state index in [1.807, 2.05) is 13.8 Å². The van der Waals surface area contributed by atoms with Gasteiger partial charge in [-0.25, -0.2) is 9.98 Å². The SMILES string of the molecule is CN(CCC1CCC(c2ccc(C3=Nc4c(N)ncnc4OC3(C)C)cc2)CC1)C(=O)CO. The van der Waals surface area contributed by atoms with Crippen LogP contribution in [0.25, 0.3) is 0 Å². The molecule has 2 aromatic rings. The summed E-state index contributed by atoms with van der Waals surface area (Å²) in [5.74, 6) is 1.70. The highest BCUT2D eigenvalue weighted by atomic mass is 16.5. The molecule has 3 N–H and O–H groups in total. The predicted molar refractivity (Wildman–Crippen MR) is 128 cm³/mol. The van der Waals surface area contributed by atoms with E-state index in [1.165, 1.54) is 11.9 Å². The Balaban J connectivity index is 1.40. The van der Waals surface area contributed by atoms with E-state index in [4.69, 9.17) is 20.6 Å². The zero-order valence-electron chi connectivity index (χ0n) is 19.6. The van der Waals surface area contributed by atoms with Gasteiger partial charge in [-0.1, -0.05) is 24.3 Å². The maximum atomic E-state index is 11.5. The molecule has 4 rings (SSSR count). The average molecular weight is 452 g/mol. The monoisotopic (exact) mass is 451 g/mol. The molecule has 1 amide bonds. The maximum Gasteiger partial charge on any atom is 0.248 e. The number of nitrogens with zero attached hydrogens (tertiary/aromatic N) is 4. The van der Waals surface area contributed by atoms with Crippen LogP contribution in [0.2, 0.25) is 0 Å². The number of fused-ring (bicyclic) bond motifs is 1. The Bertz CT molecular complexity index is 1030. The lowest BCUT2D eigenvalue weighted by molar-refractivity contribution is -0.133. The number of aliphatic imine (C=N–C) groups is 1. The van der Waals surface area contributed by atoms with Crippen LogP contribution >= 0.6 is 0 Å². The summed E-state index contributed by atoms with van der Waals surface area (Å²) in [6.07, 6.45) is 7.02. The van der Waals surface area contributed by atoms with Gasteiger partial charge in [-0.05, 0) is 63.4 Å². The molecule has 8 heteroatoms. The normalized spacial score (nSPS) is 21.5. The second-order valence-corrected chi connectivity index (χ2v) is 9.59. The Morgan fingerprint density at radius 2 is 1.88 bits per heavy atom. The fraction of sp³-hybridized carbons (Fsp3) is 0.520. The van der Waals surface area contributed by atoms with Gasteiger partial charge in [0, 0.05) is 19.2 Å². The van der Waals surface area contributed by atoms with Gasteiger partial charge in [-0.15, -0.1) is 0 Å². The molecule has 176 valence electrons. The van der Waals surface area contributed by atoms with Crippen LogP contribution in [-0.2, 0) is 4.79 Å². The van der Waals surface area contributed by atoms with Crippen LogP contribution in [0.1, 0.15) is 63.0 Å². The number of carbonyl (C=O) groups excluding carboxylic acids is 1. The summed E-state index contributed by atoms with van der Waals surface area (Å²) >= 11 is 0. The molecule has 2 aliphatic rings. The van der Waals surface area contributed by atoms with E-state index < -0.39 is 12.2 Å². The molecule has 1 saturated carbocycles. The third kappa shape index (κ3) is 5.00. The highest BCUT2D eigenvalue weighted by Gasteiger charge is 2.35. The summed E-state index contributed by atoms with van der Waals surface area (Å²) in [6, 6.07) is 8.64. The van der Waals surface area contributed by atoms with Crippen LogP contribution < -0.4 is 10.5 Å². The first-order chi connectivity index (χ1) is 15.8. The third-order valence-electron chi connectivity index (χ3n) is 6.90. The van der Waals surface area contributed by atoms with E-state index in [0.717, 1.165) is 43.4 Å². The maximum absolute atomic E-state index is 11.5. The quantitative estimate of drug-likeness (QED) is 0.695. The number of likely N-dealkylation sites (N-methyl/N-ethyl adjacent to an activating group) is 1. The summed E-state index contributed by atoms with van der Waals surface area (Å²) in [4.78, 5) is 26.1. The van der Waals surface area contributed by atoms with Crippen molar-refractivity contribution in [2.45, 2.75) is 57.5 Å². The minimum atomic E-state index is -0.627. The van der Waals surface area contributed by atoms with E-state index in [-0.39, 0.29) is 5.91 Å². The topological polar surface area (TPSA) is 114 Å². The number of nitrogen functional groups attached to an aromatic ring is 1. The zero-order valence-corrected chi connectivity index (χ0v) is 19.6. The van der Waals surface area contributed by atoms with Gasteiger partial charge in [0.15, 0.2) is 11.5 Å². The highest BCUT2D eigenvalue weighted by molar-refractivity contribution is 6.09. The first-order valence-corrected chi connectivity index (χ1v) is 11.6. The fourth-order valence-corrected chi connectivity index (χ4v) is 4.82. The molecule has 1 aromatic heterocycles. The minimum absolute atomic E-state index is 0.210. The number of aliphatic hydroxyl groups excluding tert-OH is 1. The van der Waals surface area contributed by atoms with Gasteiger partial charge in [0.05, 0.1) is 5.71 Å². The molecule has 0 spiro atoms. The number of amides is 1. The molecule has 1 aliphatic carbocycles. The van der Waals surface area contributed by atoms with E-state index in [9.17, 15) is 4.79 Å². The first-order valence-electron chi connectivity index (χ1n) is 11.6. The Morgan fingerprint density at radius 1 is 1.18 bits per heavy atom. The van der Waals surface area contributed by atoms with Crippen LogP contribution in [0, 0.1) is 5.92 Å². The Labute approximate surface area is 194 Å². The van der Waals surface area contributed by atoms with Gasteiger partial charge in [0.25, 0.3) is 0 Å². The van der Waals surface area contributed by atoms with Crippen LogP contribution in [0.5, 0.6) is 5.88 Å². The van der Waals surface area contributed by atoms with Crippen molar-refractivity contribution in [3.63, 3.8) is 0 Å². The van der Waals surface area contributed by atoms with Crippen LogP contribution in [0.15, 0.2) is 35.6 Å². The standard InChI is InChI=1S/C25H33N5O3/c1-25(2)22(29-21-23(26)27-15-28-24(21)33-25)19-10-8-18(9-11-19)17-6-4-16(5-7-17)12-13-30(3)20(32)14-31/h8-11,15-17,31H,4-7,12-14H2,1-3H3,(H2,26,27,28). The number of anilines is 1. The summed E-state index contributed by atoms with van der Waals surface area (Å²) in [6.45, 7) is 4.26. The van der Waals surface area contributed by atoms with Gasteiger partial charge < -0.3 is 20.5 Å². The number of hydrogen-bond donors (Lipinski definition) is 2. The molecule has 0 unspecified atom stereocenters. The second kappa shape index (κ2) is 9.47. The van der Waals surface area contributed by atoms with Crippen LogP contribution in [0.4, 0.5) is 11.5 Å². The largest absolute Gasteiger partial charge is 0.463 e. The molecule has 1 aliphatic heterocycles. The fourth-order valence-electron chi connectivity index (χ4n) is 4.82. The van der Waals surface area contributed by atoms with E-state index in [0.29, 0.717) is 35.8 Å². The van der Waals surface area contributed by atoms with Crippen molar-refractivity contribution in [2.24, 2.45) is 10.9 Å². The molecule has 0 radical (unpaired) electrons. The van der Waals surface area contributed by atoms with Gasteiger partial charge >= 0.3 is 0 Å². The van der Waals surface area contributed by atoms with Gasteiger partial charge in [-0.3, -0.25) is 4.79 Å². The molecule has 33 heavy (non-hydrogen) atoms. The molecule has 0 atom stereocenters. The molecule has 0 saturated heterocycles. The van der Waals surface area contributed by atoms with E-state index in [1.54, 1.807) is 11.9 Å². The number of rotatable bonds is 6. The van der Waals surface area contributed by atoms with Crippen molar-refractivity contribution < 1.29 is 14.6 Å². The lowest BCUT2D eigenvalue weighted by Crippen LogP contribution is -2.41. The van der Waals surface area contributed by atoms with E-state index in [2.05, 4.69) is 34.2 Å². The molecule has 0 bridgehead atoms. The van der Waals surface area contributed by atoms with Crippen LogP contribution in [-0.4, -0.2) is 57.4 Å². The van der Waals surface area contributed by atoms with Gasteiger partial charge in [-0.2, -0.15) is 4.98 Å². The zero-order chi connectivity index (χ0) is 23.6. The molecule has 2 heterocycles. The van der Waals surface area contributed by atoms with Crippen molar-refractivity contribution in [1.29, 1.82) is 0 Å². The summed E-state index contributed by atoms with van der Waals surface area (Å²) < 4.78 is 6.09. The third-order valence-corrected chi connectivity index (χ3v) is 6.90. The lowest BCUT2D eigenvalue weighted by atomic mass is 9.77. The highest BCUT2D eigenvalue weighted by Crippen LogP contribution is 2.40. The summed E-state index contributed by atoms with van der Waals surface area (Å²) in [7, 11) is 1.76. The number of benzene rings is 1. The van der Waals surface area contributed by atoms with E-state index >= 15 is 0 Å². The number of aromatic nitrogens is 2. The average Bonchev–Trinajstić information content (AvgIpc) is 2.82. The number of hydrogen-bond acceptors (Lipinski definition) is 7. The number of ether oxygens (including phenoxy) is 1. The summed E-state index contributed by atoms with van der Waals surface area (Å²) in [5, 5.41) is 8.97. The first kappa shape index (κ1) is 23.2. The molecule has 1 aromatic carbocycles. The van der Waals surface area contributed by atoms with Crippen molar-refractivity contribution >= 4 is 23.1 Å². The molecular weight excluding hydrogens is 418 g/mol. The number of aliphatic hydroxyl groups is 1.